The van der Waals surface area contributed by atoms with E-state index in [4.69, 9.17) is 4.74 Å². The lowest BCUT2D eigenvalue weighted by atomic mass is 9.98. The summed E-state index contributed by atoms with van der Waals surface area (Å²) < 4.78 is 5.00. The molecule has 5 nitrogen and oxygen atoms in total. The van der Waals surface area contributed by atoms with Crippen LogP contribution in [0, 0.1) is 10.1 Å². The van der Waals surface area contributed by atoms with Crippen LogP contribution >= 0.6 is 0 Å². The van der Waals surface area contributed by atoms with Gasteiger partial charge in [-0.15, -0.1) is 0 Å². The third kappa shape index (κ3) is 5.02. The van der Waals surface area contributed by atoms with Crippen molar-refractivity contribution in [2.45, 2.75) is 38.6 Å². The Kier molecular flexibility index (Phi) is 6.59. The second kappa shape index (κ2) is 8.19. The first-order valence-electron chi connectivity index (χ1n) is 7.04. The molecular weight excluding hydrogens is 270 g/mol. The molecule has 1 rings (SSSR count). The van der Waals surface area contributed by atoms with Gasteiger partial charge in [-0.25, -0.2) is 4.79 Å². The summed E-state index contributed by atoms with van der Waals surface area (Å²) in [5, 5.41) is 11.2. The van der Waals surface area contributed by atoms with E-state index in [1.807, 2.05) is 37.3 Å². The first kappa shape index (κ1) is 16.9. The molecule has 0 aromatic heterocycles. The van der Waals surface area contributed by atoms with Gasteiger partial charge in [-0.05, 0) is 12.0 Å². The van der Waals surface area contributed by atoms with Crippen molar-refractivity contribution in [2.24, 2.45) is 0 Å². The highest BCUT2D eigenvalue weighted by molar-refractivity contribution is 5.79. The molecule has 0 saturated carbocycles. The molecule has 5 heteroatoms. The molecule has 0 radical (unpaired) electrons. The fraction of sp³-hybridized carbons (Fsp3) is 0.438. The molecule has 0 saturated heterocycles. The van der Waals surface area contributed by atoms with E-state index in [9.17, 15) is 14.9 Å². The van der Waals surface area contributed by atoms with Gasteiger partial charge in [0.15, 0.2) is 0 Å². The minimum atomic E-state index is -1.74. The van der Waals surface area contributed by atoms with Gasteiger partial charge in [0.2, 0.25) is 0 Å². The highest BCUT2D eigenvalue weighted by Crippen LogP contribution is 2.19. The molecule has 0 heterocycles. The molecule has 0 bridgehead atoms. The fourth-order valence-electron chi connectivity index (χ4n) is 1.69. The number of rotatable bonds is 8. The second-order valence-electron chi connectivity index (χ2n) is 5.04. The van der Waals surface area contributed by atoms with Gasteiger partial charge in [-0.1, -0.05) is 55.8 Å². The van der Waals surface area contributed by atoms with Crippen molar-refractivity contribution in [1.82, 2.24) is 0 Å². The number of unbranched alkanes of at least 4 members (excludes halogenated alkanes) is 1. The smallest absolute Gasteiger partial charge is 0.384 e. The Morgan fingerprint density at radius 3 is 2.62 bits per heavy atom. The Balaban J connectivity index is 2.69. The molecule has 0 N–H and O–H groups in total. The predicted molar refractivity (Wildman–Crippen MR) is 81.4 cm³/mol. The minimum absolute atomic E-state index is 0.000146. The maximum absolute atomic E-state index is 11.9. The van der Waals surface area contributed by atoms with Gasteiger partial charge in [-0.3, -0.25) is 10.1 Å². The zero-order valence-electron chi connectivity index (χ0n) is 12.5. The van der Waals surface area contributed by atoms with Gasteiger partial charge in [0, 0.05) is 18.3 Å². The second-order valence-corrected chi connectivity index (χ2v) is 5.04. The molecule has 1 aromatic carbocycles. The van der Waals surface area contributed by atoms with E-state index >= 15 is 0 Å². The first-order chi connectivity index (χ1) is 10.0. The summed E-state index contributed by atoms with van der Waals surface area (Å²) in [4.78, 5) is 22.6. The van der Waals surface area contributed by atoms with Crippen molar-refractivity contribution in [2.75, 3.05) is 6.61 Å². The van der Waals surface area contributed by atoms with E-state index in [1.165, 1.54) is 6.92 Å². The third-order valence-electron chi connectivity index (χ3n) is 3.20. The number of nitro groups is 1. The molecule has 0 aliphatic carbocycles. The normalized spacial score (nSPS) is 13.8. The summed E-state index contributed by atoms with van der Waals surface area (Å²) in [7, 11) is 0. The maximum atomic E-state index is 11.9. The van der Waals surface area contributed by atoms with Gasteiger partial charge >= 0.3 is 11.5 Å². The number of carbonyl (C=O) groups is 1. The Bertz CT molecular complexity index is 498. The van der Waals surface area contributed by atoms with Gasteiger partial charge in [0.05, 0.1) is 6.61 Å². The van der Waals surface area contributed by atoms with Crippen LogP contribution in [0.15, 0.2) is 36.4 Å². The van der Waals surface area contributed by atoms with Crippen molar-refractivity contribution in [3.05, 3.63) is 52.1 Å². The van der Waals surface area contributed by atoms with Crippen molar-refractivity contribution < 1.29 is 14.5 Å². The zero-order chi connectivity index (χ0) is 15.7. The van der Waals surface area contributed by atoms with Crippen molar-refractivity contribution >= 4 is 12.0 Å². The van der Waals surface area contributed by atoms with Gasteiger partial charge in [-0.2, -0.15) is 0 Å². The number of esters is 1. The van der Waals surface area contributed by atoms with Crippen molar-refractivity contribution in [3.63, 3.8) is 0 Å². The third-order valence-corrected chi connectivity index (χ3v) is 3.20. The average Bonchev–Trinajstić information content (AvgIpc) is 2.48. The fourth-order valence-corrected chi connectivity index (χ4v) is 1.69. The van der Waals surface area contributed by atoms with E-state index in [1.54, 1.807) is 12.2 Å². The van der Waals surface area contributed by atoms with E-state index in [-0.39, 0.29) is 13.0 Å². The summed E-state index contributed by atoms with van der Waals surface area (Å²) in [6.07, 6.45) is 4.98. The van der Waals surface area contributed by atoms with Gasteiger partial charge in [0.25, 0.3) is 0 Å². The Labute approximate surface area is 124 Å². The molecule has 21 heavy (non-hydrogen) atoms. The average molecular weight is 291 g/mol. The standard InChI is InChI=1S/C16H21NO4/c1-3-4-13-21-15(18)16(2,17(19)20)12-8-11-14-9-6-5-7-10-14/h5-11H,3-4,12-13H2,1-2H3/b11-8+. The number of hydrogen-bond acceptors (Lipinski definition) is 4. The zero-order valence-corrected chi connectivity index (χ0v) is 12.5. The van der Waals surface area contributed by atoms with Gasteiger partial charge in [0.1, 0.15) is 0 Å². The van der Waals surface area contributed by atoms with Crippen LogP contribution in [0.5, 0.6) is 0 Å². The topological polar surface area (TPSA) is 69.4 Å². The van der Waals surface area contributed by atoms with Crippen LogP contribution < -0.4 is 0 Å². The number of hydrogen-bond donors (Lipinski definition) is 0. The largest absolute Gasteiger partial charge is 0.460 e. The number of nitrogens with zero attached hydrogens (tertiary/aromatic N) is 1. The van der Waals surface area contributed by atoms with Crippen LogP contribution in [0.4, 0.5) is 0 Å². The predicted octanol–water partition coefficient (Wildman–Crippen LogP) is 3.47. The molecule has 0 fully saturated rings. The monoisotopic (exact) mass is 291 g/mol. The molecule has 0 aliphatic heterocycles. The van der Waals surface area contributed by atoms with Crippen LogP contribution in [0.1, 0.15) is 38.7 Å². The van der Waals surface area contributed by atoms with Crippen molar-refractivity contribution in [1.29, 1.82) is 0 Å². The van der Waals surface area contributed by atoms with Crippen LogP contribution in [-0.2, 0) is 9.53 Å². The Morgan fingerprint density at radius 1 is 1.38 bits per heavy atom. The number of ether oxygens (including phenoxy) is 1. The van der Waals surface area contributed by atoms with Crippen molar-refractivity contribution in [3.8, 4) is 0 Å². The molecule has 1 atom stereocenters. The van der Waals surface area contributed by atoms with E-state index in [2.05, 4.69) is 0 Å². The molecule has 0 spiro atoms. The highest BCUT2D eigenvalue weighted by atomic mass is 16.6. The number of benzene rings is 1. The van der Waals surface area contributed by atoms with E-state index in [0.29, 0.717) is 6.42 Å². The van der Waals surface area contributed by atoms with Crippen LogP contribution in [-0.4, -0.2) is 23.0 Å². The quantitative estimate of drug-likeness (QED) is 0.318. The number of carbonyl (C=O) groups excluding carboxylic acids is 1. The molecular formula is C16H21NO4. The molecule has 1 unspecified atom stereocenters. The summed E-state index contributed by atoms with van der Waals surface area (Å²) in [6.45, 7) is 3.49. The highest BCUT2D eigenvalue weighted by Gasteiger charge is 2.46. The summed E-state index contributed by atoms with van der Waals surface area (Å²) >= 11 is 0. The summed E-state index contributed by atoms with van der Waals surface area (Å²) in [5.41, 5.74) is -0.804. The van der Waals surface area contributed by atoms with Crippen LogP contribution in [0.25, 0.3) is 6.08 Å². The summed E-state index contributed by atoms with van der Waals surface area (Å²) in [6, 6.07) is 9.43. The molecule has 1 aromatic rings. The first-order valence-corrected chi connectivity index (χ1v) is 7.04. The van der Waals surface area contributed by atoms with E-state index in [0.717, 1.165) is 12.0 Å². The minimum Gasteiger partial charge on any atom is -0.460 e. The maximum Gasteiger partial charge on any atom is 0.384 e. The lowest BCUT2D eigenvalue weighted by Crippen LogP contribution is -2.44. The molecule has 114 valence electrons. The SMILES string of the molecule is CCCCOC(=O)C(C)(C/C=C/c1ccccc1)[N+](=O)[O-]. The summed E-state index contributed by atoms with van der Waals surface area (Å²) in [5.74, 6) is -0.779. The van der Waals surface area contributed by atoms with E-state index < -0.39 is 16.4 Å². The Hall–Kier alpha value is -2.17. The van der Waals surface area contributed by atoms with Crippen LogP contribution in [0.2, 0.25) is 0 Å². The van der Waals surface area contributed by atoms with Gasteiger partial charge < -0.3 is 4.74 Å². The lowest BCUT2D eigenvalue weighted by Gasteiger charge is -2.17. The molecule has 0 amide bonds. The van der Waals surface area contributed by atoms with Crippen LogP contribution in [0.3, 0.4) is 0 Å². The molecule has 0 aliphatic rings. The lowest BCUT2D eigenvalue weighted by molar-refractivity contribution is -0.550. The Morgan fingerprint density at radius 2 is 2.05 bits per heavy atom.